The van der Waals surface area contributed by atoms with Crippen LogP contribution in [0.25, 0.3) is 6.08 Å². The quantitative estimate of drug-likeness (QED) is 0.776. The van der Waals surface area contributed by atoms with Crippen molar-refractivity contribution in [2.24, 2.45) is 5.73 Å². The Labute approximate surface area is 83.8 Å². The Balaban J connectivity index is 2.68. The molecule has 2 N–H and O–H groups in total. The average Bonchev–Trinajstić information content (AvgIpc) is 2.19. The molecule has 3 heteroatoms. The third kappa shape index (κ3) is 2.62. The van der Waals surface area contributed by atoms with Crippen molar-refractivity contribution in [3.63, 3.8) is 0 Å². The smallest absolute Gasteiger partial charge is 0.314 e. The van der Waals surface area contributed by atoms with E-state index in [0.717, 1.165) is 11.1 Å². The summed E-state index contributed by atoms with van der Waals surface area (Å²) < 4.78 is 0. The summed E-state index contributed by atoms with van der Waals surface area (Å²) in [4.78, 5) is 12.2. The van der Waals surface area contributed by atoms with Gasteiger partial charge in [0.25, 0.3) is 0 Å². The van der Waals surface area contributed by atoms with Gasteiger partial charge in [-0.1, -0.05) is 36.9 Å². The van der Waals surface area contributed by atoms with Crippen LogP contribution in [0.1, 0.15) is 11.1 Å². The van der Waals surface area contributed by atoms with Crippen LogP contribution in [-0.2, 0) is 6.54 Å². The number of primary amides is 1. The molecule has 0 bridgehead atoms. The summed E-state index contributed by atoms with van der Waals surface area (Å²) in [6, 6.07) is 7.40. The second-order valence-electron chi connectivity index (χ2n) is 3.14. The molecule has 1 aromatic rings. The predicted molar refractivity (Wildman–Crippen MR) is 57.6 cm³/mol. The lowest BCUT2D eigenvalue weighted by molar-refractivity contribution is 0.216. The zero-order chi connectivity index (χ0) is 10.6. The predicted octanol–water partition coefficient (Wildman–Crippen LogP) is 1.84. The van der Waals surface area contributed by atoms with E-state index in [0.29, 0.717) is 6.54 Å². The van der Waals surface area contributed by atoms with Crippen LogP contribution in [-0.4, -0.2) is 18.0 Å². The first kappa shape index (κ1) is 10.3. The molecule has 0 aliphatic carbocycles. The van der Waals surface area contributed by atoms with Crippen LogP contribution in [0.5, 0.6) is 0 Å². The van der Waals surface area contributed by atoms with Crippen LogP contribution in [0.4, 0.5) is 4.79 Å². The molecule has 0 atom stereocenters. The molecule has 0 radical (unpaired) electrons. The van der Waals surface area contributed by atoms with Gasteiger partial charge in [-0.2, -0.15) is 0 Å². The lowest BCUT2D eigenvalue weighted by atomic mass is 10.1. The summed E-state index contributed by atoms with van der Waals surface area (Å²) in [5, 5.41) is 0. The maximum Gasteiger partial charge on any atom is 0.314 e. The van der Waals surface area contributed by atoms with Gasteiger partial charge in [0, 0.05) is 13.6 Å². The van der Waals surface area contributed by atoms with E-state index in [-0.39, 0.29) is 0 Å². The van der Waals surface area contributed by atoms with Crippen LogP contribution < -0.4 is 5.73 Å². The topological polar surface area (TPSA) is 46.3 Å². The summed E-state index contributed by atoms with van der Waals surface area (Å²) in [6.07, 6.45) is 1.78. The van der Waals surface area contributed by atoms with Crippen molar-refractivity contribution in [3.05, 3.63) is 42.0 Å². The Morgan fingerprint density at radius 1 is 1.50 bits per heavy atom. The first-order chi connectivity index (χ1) is 6.63. The monoisotopic (exact) mass is 190 g/mol. The number of urea groups is 1. The minimum absolute atomic E-state index is 0.419. The zero-order valence-corrected chi connectivity index (χ0v) is 8.23. The molecule has 0 aliphatic heterocycles. The lowest BCUT2D eigenvalue weighted by Gasteiger charge is -2.13. The second kappa shape index (κ2) is 4.46. The minimum atomic E-state index is -0.419. The number of nitrogens with zero attached hydrogens (tertiary/aromatic N) is 1. The Bertz CT molecular complexity index is 330. The van der Waals surface area contributed by atoms with E-state index in [1.807, 2.05) is 24.3 Å². The molecule has 14 heavy (non-hydrogen) atoms. The summed E-state index contributed by atoms with van der Waals surface area (Å²) in [5.74, 6) is 0. The van der Waals surface area contributed by atoms with Crippen LogP contribution in [0, 0.1) is 0 Å². The number of nitrogens with two attached hydrogens (primary N) is 1. The maximum absolute atomic E-state index is 10.8. The minimum Gasteiger partial charge on any atom is -0.351 e. The summed E-state index contributed by atoms with van der Waals surface area (Å²) in [5.41, 5.74) is 7.23. The van der Waals surface area contributed by atoms with Gasteiger partial charge >= 0.3 is 6.03 Å². The molecule has 0 saturated heterocycles. The molecule has 0 fully saturated rings. The highest BCUT2D eigenvalue weighted by molar-refractivity contribution is 5.71. The number of hydrogen-bond donors (Lipinski definition) is 1. The van der Waals surface area contributed by atoms with Crippen LogP contribution in [0.3, 0.4) is 0 Å². The van der Waals surface area contributed by atoms with E-state index in [9.17, 15) is 4.79 Å². The van der Waals surface area contributed by atoms with E-state index in [2.05, 4.69) is 6.58 Å². The lowest BCUT2D eigenvalue weighted by Crippen LogP contribution is -2.31. The third-order valence-electron chi connectivity index (χ3n) is 2.01. The summed E-state index contributed by atoms with van der Waals surface area (Å²) >= 11 is 0. The molecule has 0 aliphatic rings. The molecular weight excluding hydrogens is 176 g/mol. The maximum atomic E-state index is 10.8. The van der Waals surface area contributed by atoms with Gasteiger partial charge in [-0.05, 0) is 11.1 Å². The Hall–Kier alpha value is -1.77. The van der Waals surface area contributed by atoms with E-state index < -0.39 is 6.03 Å². The molecule has 0 aromatic heterocycles. The van der Waals surface area contributed by atoms with Crippen molar-refractivity contribution < 1.29 is 4.79 Å². The number of carbonyl (C=O) groups is 1. The number of carbonyl (C=O) groups excluding carboxylic acids is 1. The van der Waals surface area contributed by atoms with Crippen molar-refractivity contribution in [3.8, 4) is 0 Å². The highest BCUT2D eigenvalue weighted by atomic mass is 16.2. The van der Waals surface area contributed by atoms with E-state index in [1.54, 1.807) is 13.1 Å². The van der Waals surface area contributed by atoms with Gasteiger partial charge in [0.15, 0.2) is 0 Å². The van der Waals surface area contributed by atoms with Gasteiger partial charge in [0.2, 0.25) is 0 Å². The molecule has 0 spiro atoms. The van der Waals surface area contributed by atoms with Gasteiger partial charge in [0.1, 0.15) is 0 Å². The van der Waals surface area contributed by atoms with Crippen molar-refractivity contribution in [1.82, 2.24) is 4.90 Å². The van der Waals surface area contributed by atoms with Gasteiger partial charge in [-0.3, -0.25) is 0 Å². The van der Waals surface area contributed by atoms with E-state index in [1.165, 1.54) is 4.90 Å². The van der Waals surface area contributed by atoms with Crippen LogP contribution in [0.15, 0.2) is 30.8 Å². The van der Waals surface area contributed by atoms with Crippen molar-refractivity contribution in [2.75, 3.05) is 7.05 Å². The van der Waals surface area contributed by atoms with Crippen LogP contribution in [0.2, 0.25) is 0 Å². The molecule has 0 saturated carbocycles. The average molecular weight is 190 g/mol. The molecule has 0 unspecified atom stereocenters. The van der Waals surface area contributed by atoms with Gasteiger partial charge in [-0.25, -0.2) is 4.79 Å². The molecule has 3 nitrogen and oxygen atoms in total. The van der Waals surface area contributed by atoms with Gasteiger partial charge in [0.05, 0.1) is 0 Å². The fourth-order valence-corrected chi connectivity index (χ4v) is 1.11. The Kier molecular flexibility index (Phi) is 3.29. The Morgan fingerprint density at radius 3 is 2.50 bits per heavy atom. The highest BCUT2D eigenvalue weighted by Crippen LogP contribution is 2.07. The fourth-order valence-electron chi connectivity index (χ4n) is 1.11. The van der Waals surface area contributed by atoms with E-state index in [4.69, 9.17) is 5.73 Å². The molecule has 1 rings (SSSR count). The first-order valence-electron chi connectivity index (χ1n) is 4.35. The normalized spacial score (nSPS) is 9.50. The second-order valence-corrected chi connectivity index (χ2v) is 3.14. The zero-order valence-electron chi connectivity index (χ0n) is 8.23. The highest BCUT2D eigenvalue weighted by Gasteiger charge is 2.02. The largest absolute Gasteiger partial charge is 0.351 e. The van der Waals surface area contributed by atoms with Gasteiger partial charge in [-0.15, -0.1) is 0 Å². The summed E-state index contributed by atoms with van der Waals surface area (Å²) in [7, 11) is 1.67. The van der Waals surface area contributed by atoms with Crippen LogP contribution >= 0.6 is 0 Å². The number of rotatable bonds is 3. The molecular formula is C11H14N2O. The number of hydrogen-bond acceptors (Lipinski definition) is 1. The first-order valence-corrected chi connectivity index (χ1v) is 4.35. The van der Waals surface area contributed by atoms with Crippen molar-refractivity contribution >= 4 is 12.1 Å². The standard InChI is InChI=1S/C11H14N2O/c1-3-9-4-6-10(7-5-9)8-13(2)11(12)14/h3-7H,1,8H2,2H3,(H2,12,14). The molecule has 74 valence electrons. The fraction of sp³-hybridized carbons (Fsp3) is 0.182. The number of amides is 2. The van der Waals surface area contributed by atoms with Crippen molar-refractivity contribution in [1.29, 1.82) is 0 Å². The van der Waals surface area contributed by atoms with Crippen molar-refractivity contribution in [2.45, 2.75) is 6.54 Å². The third-order valence-corrected chi connectivity index (χ3v) is 2.01. The number of benzene rings is 1. The van der Waals surface area contributed by atoms with Gasteiger partial charge < -0.3 is 10.6 Å². The Morgan fingerprint density at radius 2 is 2.07 bits per heavy atom. The van der Waals surface area contributed by atoms with E-state index >= 15 is 0 Å². The summed E-state index contributed by atoms with van der Waals surface area (Å²) in [6.45, 7) is 4.20. The molecule has 2 amide bonds. The molecule has 0 heterocycles. The SMILES string of the molecule is C=Cc1ccc(CN(C)C(N)=O)cc1. The molecule has 1 aromatic carbocycles.